The van der Waals surface area contributed by atoms with Gasteiger partial charge in [-0.15, -0.1) is 0 Å². The maximum Gasteiger partial charge on any atom is 0.123 e. The maximum absolute atomic E-state index is 13.1. The third-order valence-electron chi connectivity index (χ3n) is 2.72. The van der Waals surface area contributed by atoms with Crippen LogP contribution in [-0.2, 0) is 5.75 Å². The van der Waals surface area contributed by atoms with Gasteiger partial charge in [-0.05, 0) is 43.0 Å². The number of thioether (sulfide) groups is 1. The monoisotopic (exact) mass is 241 g/mol. The second-order valence-electron chi connectivity index (χ2n) is 4.00. The molecule has 1 aromatic rings. The van der Waals surface area contributed by atoms with E-state index in [1.165, 1.54) is 6.07 Å². The largest absolute Gasteiger partial charge is 0.496 e. The quantitative estimate of drug-likeness (QED) is 0.854. The SMILES string of the molecule is COc1ccc(F)cc1CSCC1CNC1. The second-order valence-corrected chi connectivity index (χ2v) is 5.03. The smallest absolute Gasteiger partial charge is 0.123 e. The molecule has 0 unspecified atom stereocenters. The van der Waals surface area contributed by atoms with E-state index in [2.05, 4.69) is 5.32 Å². The van der Waals surface area contributed by atoms with E-state index in [1.54, 1.807) is 19.2 Å². The number of ether oxygens (including phenoxy) is 1. The van der Waals surface area contributed by atoms with Gasteiger partial charge in [0.05, 0.1) is 7.11 Å². The lowest BCUT2D eigenvalue weighted by molar-refractivity contribution is 0.385. The summed E-state index contributed by atoms with van der Waals surface area (Å²) in [7, 11) is 1.62. The van der Waals surface area contributed by atoms with E-state index in [0.717, 1.165) is 41.8 Å². The topological polar surface area (TPSA) is 21.3 Å². The molecule has 0 spiro atoms. The molecule has 1 saturated heterocycles. The van der Waals surface area contributed by atoms with Gasteiger partial charge in [0.2, 0.25) is 0 Å². The average molecular weight is 241 g/mol. The highest BCUT2D eigenvalue weighted by Crippen LogP contribution is 2.25. The molecule has 1 aliphatic rings. The van der Waals surface area contributed by atoms with Gasteiger partial charge < -0.3 is 10.1 Å². The van der Waals surface area contributed by atoms with Crippen LogP contribution in [0.1, 0.15) is 5.56 Å². The Labute approximate surface area is 99.6 Å². The van der Waals surface area contributed by atoms with Crippen LogP contribution in [0.25, 0.3) is 0 Å². The van der Waals surface area contributed by atoms with Crippen LogP contribution in [0, 0.1) is 11.7 Å². The average Bonchev–Trinajstić information content (AvgIpc) is 2.22. The Morgan fingerprint density at radius 2 is 2.31 bits per heavy atom. The summed E-state index contributed by atoms with van der Waals surface area (Å²) in [6.45, 7) is 2.24. The van der Waals surface area contributed by atoms with Crippen molar-refractivity contribution in [2.45, 2.75) is 5.75 Å². The van der Waals surface area contributed by atoms with Crippen LogP contribution in [0.5, 0.6) is 5.75 Å². The van der Waals surface area contributed by atoms with Gasteiger partial charge in [-0.25, -0.2) is 4.39 Å². The Balaban J connectivity index is 1.88. The molecule has 1 aromatic carbocycles. The fraction of sp³-hybridized carbons (Fsp3) is 0.500. The van der Waals surface area contributed by atoms with Crippen LogP contribution < -0.4 is 10.1 Å². The highest BCUT2D eigenvalue weighted by atomic mass is 32.2. The summed E-state index contributed by atoms with van der Waals surface area (Å²) in [6.07, 6.45) is 0. The van der Waals surface area contributed by atoms with Crippen molar-refractivity contribution in [3.05, 3.63) is 29.6 Å². The lowest BCUT2D eigenvalue weighted by Crippen LogP contribution is -2.43. The first kappa shape index (κ1) is 11.7. The van der Waals surface area contributed by atoms with Crippen molar-refractivity contribution in [3.63, 3.8) is 0 Å². The van der Waals surface area contributed by atoms with E-state index in [-0.39, 0.29) is 5.82 Å². The van der Waals surface area contributed by atoms with Gasteiger partial charge in [0.15, 0.2) is 0 Å². The molecule has 4 heteroatoms. The van der Waals surface area contributed by atoms with Crippen molar-refractivity contribution in [1.29, 1.82) is 0 Å². The van der Waals surface area contributed by atoms with Crippen LogP contribution in [0.4, 0.5) is 4.39 Å². The zero-order chi connectivity index (χ0) is 11.4. The van der Waals surface area contributed by atoms with Crippen molar-refractivity contribution in [2.75, 3.05) is 26.0 Å². The molecule has 1 aliphatic heterocycles. The van der Waals surface area contributed by atoms with E-state index < -0.39 is 0 Å². The number of methoxy groups -OCH3 is 1. The molecule has 0 bridgehead atoms. The molecule has 0 radical (unpaired) electrons. The summed E-state index contributed by atoms with van der Waals surface area (Å²) in [5.41, 5.74) is 0.944. The summed E-state index contributed by atoms with van der Waals surface area (Å²) < 4.78 is 18.3. The molecule has 0 atom stereocenters. The first-order chi connectivity index (χ1) is 7.79. The number of benzene rings is 1. The molecule has 0 amide bonds. The number of rotatable bonds is 5. The summed E-state index contributed by atoms with van der Waals surface area (Å²) in [5.74, 6) is 3.32. The fourth-order valence-electron chi connectivity index (χ4n) is 1.66. The standard InChI is InChI=1S/C12H16FNOS/c1-15-12-3-2-11(13)4-10(12)8-16-7-9-5-14-6-9/h2-4,9,14H,5-8H2,1H3. The lowest BCUT2D eigenvalue weighted by atomic mass is 10.1. The van der Waals surface area contributed by atoms with Gasteiger partial charge in [0.25, 0.3) is 0 Å². The summed E-state index contributed by atoms with van der Waals surface area (Å²) in [6, 6.07) is 4.68. The molecule has 2 rings (SSSR count). The molecule has 1 N–H and O–H groups in total. The third-order valence-corrected chi connectivity index (χ3v) is 3.94. The molecule has 1 heterocycles. The highest BCUT2D eigenvalue weighted by Gasteiger charge is 2.16. The maximum atomic E-state index is 13.1. The van der Waals surface area contributed by atoms with Crippen LogP contribution in [-0.4, -0.2) is 26.0 Å². The summed E-state index contributed by atoms with van der Waals surface area (Å²) in [4.78, 5) is 0. The fourth-order valence-corrected chi connectivity index (χ4v) is 2.79. The zero-order valence-corrected chi connectivity index (χ0v) is 10.1. The minimum Gasteiger partial charge on any atom is -0.496 e. The van der Waals surface area contributed by atoms with Crippen LogP contribution >= 0.6 is 11.8 Å². The van der Waals surface area contributed by atoms with Gasteiger partial charge >= 0.3 is 0 Å². The Morgan fingerprint density at radius 3 is 2.94 bits per heavy atom. The lowest BCUT2D eigenvalue weighted by Gasteiger charge is -2.26. The van der Waals surface area contributed by atoms with E-state index in [1.807, 2.05) is 11.8 Å². The minimum atomic E-state index is -0.193. The first-order valence-electron chi connectivity index (χ1n) is 5.40. The Bertz CT molecular complexity index is 355. The number of hydrogen-bond donors (Lipinski definition) is 1. The number of nitrogens with one attached hydrogen (secondary N) is 1. The molecule has 0 aromatic heterocycles. The van der Waals surface area contributed by atoms with Gasteiger partial charge in [-0.2, -0.15) is 11.8 Å². The van der Waals surface area contributed by atoms with E-state index >= 15 is 0 Å². The van der Waals surface area contributed by atoms with Crippen LogP contribution in [0.15, 0.2) is 18.2 Å². The predicted octanol–water partition coefficient (Wildman–Crippen LogP) is 2.29. The van der Waals surface area contributed by atoms with Crippen LogP contribution in [0.3, 0.4) is 0 Å². The highest BCUT2D eigenvalue weighted by molar-refractivity contribution is 7.98. The second kappa shape index (κ2) is 5.55. The number of halogens is 1. The molecule has 2 nitrogen and oxygen atoms in total. The minimum absolute atomic E-state index is 0.193. The van der Waals surface area contributed by atoms with Crippen molar-refractivity contribution >= 4 is 11.8 Å². The first-order valence-corrected chi connectivity index (χ1v) is 6.56. The van der Waals surface area contributed by atoms with Gasteiger partial charge in [-0.1, -0.05) is 0 Å². The third kappa shape index (κ3) is 2.89. The normalized spacial score (nSPS) is 15.9. The van der Waals surface area contributed by atoms with Crippen molar-refractivity contribution in [1.82, 2.24) is 5.32 Å². The van der Waals surface area contributed by atoms with E-state index in [4.69, 9.17) is 4.74 Å². The molecule has 0 aliphatic carbocycles. The van der Waals surface area contributed by atoms with Crippen molar-refractivity contribution in [3.8, 4) is 5.75 Å². The Morgan fingerprint density at radius 1 is 1.50 bits per heavy atom. The van der Waals surface area contributed by atoms with Gasteiger partial charge in [0, 0.05) is 11.3 Å². The molecule has 1 fully saturated rings. The molecular weight excluding hydrogens is 225 g/mol. The van der Waals surface area contributed by atoms with Gasteiger partial charge in [0.1, 0.15) is 11.6 Å². The Kier molecular flexibility index (Phi) is 4.07. The zero-order valence-electron chi connectivity index (χ0n) is 9.33. The Hall–Kier alpha value is -0.740. The summed E-state index contributed by atoms with van der Waals surface area (Å²) in [5, 5.41) is 3.24. The molecular formula is C12H16FNOS. The molecule has 16 heavy (non-hydrogen) atoms. The van der Waals surface area contributed by atoms with Gasteiger partial charge in [-0.3, -0.25) is 0 Å². The number of hydrogen-bond acceptors (Lipinski definition) is 3. The van der Waals surface area contributed by atoms with Crippen molar-refractivity contribution < 1.29 is 9.13 Å². The van der Waals surface area contributed by atoms with E-state index in [9.17, 15) is 4.39 Å². The van der Waals surface area contributed by atoms with E-state index in [0.29, 0.717) is 0 Å². The molecule has 88 valence electrons. The van der Waals surface area contributed by atoms with Crippen LogP contribution in [0.2, 0.25) is 0 Å². The van der Waals surface area contributed by atoms with Crippen molar-refractivity contribution in [2.24, 2.45) is 5.92 Å². The predicted molar refractivity (Wildman–Crippen MR) is 65.5 cm³/mol. The molecule has 0 saturated carbocycles. The summed E-state index contributed by atoms with van der Waals surface area (Å²) >= 11 is 1.84.